The molecule has 1 aromatic carbocycles. The van der Waals surface area contributed by atoms with E-state index in [9.17, 15) is 0 Å². The Balaban J connectivity index is 3.00. The molecule has 0 amide bonds. The molecule has 2 heteroatoms. The van der Waals surface area contributed by atoms with Crippen molar-refractivity contribution in [1.29, 1.82) is 5.26 Å². The molecule has 0 saturated carbocycles. The Bertz CT molecular complexity index is 361. The summed E-state index contributed by atoms with van der Waals surface area (Å²) in [6.07, 6.45) is 1.95. The Morgan fingerprint density at radius 1 is 1.29 bits per heavy atom. The summed E-state index contributed by atoms with van der Waals surface area (Å²) in [4.78, 5) is 0. The molecule has 0 aliphatic heterocycles. The molecule has 0 spiro atoms. The van der Waals surface area contributed by atoms with Crippen LogP contribution >= 0.6 is 0 Å². The number of nitriles is 1. The first kappa shape index (κ1) is 10.7. The Morgan fingerprint density at radius 2 is 2.00 bits per heavy atom. The number of nitrogens with zero attached hydrogens (tertiary/aromatic N) is 1. The van der Waals surface area contributed by atoms with Crippen LogP contribution in [0, 0.1) is 25.2 Å². The zero-order valence-corrected chi connectivity index (χ0v) is 8.80. The van der Waals surface area contributed by atoms with Crippen molar-refractivity contribution < 1.29 is 0 Å². The van der Waals surface area contributed by atoms with Gasteiger partial charge in [0.15, 0.2) is 0 Å². The summed E-state index contributed by atoms with van der Waals surface area (Å²) >= 11 is 0. The molecule has 0 bridgehead atoms. The topological polar surface area (TPSA) is 49.8 Å². The average Bonchev–Trinajstić information content (AvgIpc) is 2.17. The highest BCUT2D eigenvalue weighted by atomic mass is 14.5. The quantitative estimate of drug-likeness (QED) is 0.789. The van der Waals surface area contributed by atoms with Crippen molar-refractivity contribution in [2.24, 2.45) is 5.73 Å². The van der Waals surface area contributed by atoms with Gasteiger partial charge in [0.2, 0.25) is 0 Å². The third kappa shape index (κ3) is 2.34. The number of nitrogens with two attached hydrogens (primary N) is 1. The monoisotopic (exact) mass is 188 g/mol. The zero-order chi connectivity index (χ0) is 10.6. The molecule has 0 aliphatic carbocycles. The highest BCUT2D eigenvalue weighted by Gasteiger charge is 2.03. The molecule has 1 rings (SSSR count). The lowest BCUT2D eigenvalue weighted by atomic mass is 9.97. The van der Waals surface area contributed by atoms with E-state index in [-0.39, 0.29) is 0 Å². The van der Waals surface area contributed by atoms with Gasteiger partial charge in [-0.05, 0) is 56.0 Å². The van der Waals surface area contributed by atoms with Gasteiger partial charge in [-0.15, -0.1) is 0 Å². The molecular weight excluding hydrogens is 172 g/mol. The third-order valence-corrected chi connectivity index (χ3v) is 2.45. The Kier molecular flexibility index (Phi) is 3.67. The van der Waals surface area contributed by atoms with Crippen LogP contribution in [-0.2, 0) is 6.42 Å². The minimum absolute atomic E-state index is 0.704. The van der Waals surface area contributed by atoms with Crippen molar-refractivity contribution in [3.05, 3.63) is 34.4 Å². The van der Waals surface area contributed by atoms with Crippen molar-refractivity contribution in [3.63, 3.8) is 0 Å². The van der Waals surface area contributed by atoms with Crippen molar-refractivity contribution in [3.8, 4) is 6.07 Å². The summed E-state index contributed by atoms with van der Waals surface area (Å²) in [5, 5.41) is 8.88. The van der Waals surface area contributed by atoms with E-state index in [1.807, 2.05) is 13.0 Å². The Morgan fingerprint density at radius 3 is 2.57 bits per heavy atom. The summed E-state index contributed by atoms with van der Waals surface area (Å²) < 4.78 is 0. The largest absolute Gasteiger partial charge is 0.330 e. The maximum absolute atomic E-state index is 8.88. The smallest absolute Gasteiger partial charge is 0.0994 e. The first-order chi connectivity index (χ1) is 6.69. The number of rotatable bonds is 3. The van der Waals surface area contributed by atoms with Crippen molar-refractivity contribution in [2.75, 3.05) is 6.54 Å². The predicted octanol–water partition coefficient (Wildman–Crippen LogP) is 2.07. The maximum Gasteiger partial charge on any atom is 0.0994 e. The minimum atomic E-state index is 0.704. The zero-order valence-electron chi connectivity index (χ0n) is 8.80. The molecular formula is C12H16N2. The lowest BCUT2D eigenvalue weighted by molar-refractivity contribution is 0.827. The van der Waals surface area contributed by atoms with Crippen LogP contribution in [0.3, 0.4) is 0 Å². The van der Waals surface area contributed by atoms with E-state index in [0.717, 1.165) is 24.0 Å². The number of aryl methyl sites for hydroxylation is 3. The van der Waals surface area contributed by atoms with Crippen molar-refractivity contribution in [1.82, 2.24) is 0 Å². The van der Waals surface area contributed by atoms with Gasteiger partial charge in [-0.3, -0.25) is 0 Å². The molecule has 0 heterocycles. The van der Waals surface area contributed by atoms with Gasteiger partial charge in [0.25, 0.3) is 0 Å². The third-order valence-electron chi connectivity index (χ3n) is 2.45. The average molecular weight is 188 g/mol. The van der Waals surface area contributed by atoms with Crippen LogP contribution in [0.5, 0.6) is 0 Å². The van der Waals surface area contributed by atoms with Gasteiger partial charge in [0.1, 0.15) is 0 Å². The molecule has 0 radical (unpaired) electrons. The van der Waals surface area contributed by atoms with Crippen LogP contribution in [0.1, 0.15) is 28.7 Å². The van der Waals surface area contributed by atoms with Crippen LogP contribution < -0.4 is 5.73 Å². The first-order valence-electron chi connectivity index (χ1n) is 4.89. The van der Waals surface area contributed by atoms with E-state index in [4.69, 9.17) is 11.0 Å². The van der Waals surface area contributed by atoms with E-state index in [1.54, 1.807) is 0 Å². The summed E-state index contributed by atoms with van der Waals surface area (Å²) in [5.41, 5.74) is 9.81. The van der Waals surface area contributed by atoms with Gasteiger partial charge in [-0.2, -0.15) is 5.26 Å². The second kappa shape index (κ2) is 4.78. The second-order valence-corrected chi connectivity index (χ2v) is 3.60. The highest BCUT2D eigenvalue weighted by Crippen LogP contribution is 2.16. The van der Waals surface area contributed by atoms with E-state index in [1.165, 1.54) is 11.1 Å². The highest BCUT2D eigenvalue weighted by molar-refractivity contribution is 5.43. The van der Waals surface area contributed by atoms with Crippen LogP contribution in [-0.4, -0.2) is 6.54 Å². The number of hydrogen-bond donors (Lipinski definition) is 1. The molecule has 0 unspecified atom stereocenters. The molecule has 0 atom stereocenters. The fourth-order valence-corrected chi connectivity index (χ4v) is 1.58. The summed E-state index contributed by atoms with van der Waals surface area (Å²) in [7, 11) is 0. The van der Waals surface area contributed by atoms with Gasteiger partial charge in [-0.25, -0.2) is 0 Å². The molecule has 0 saturated heterocycles. The lowest BCUT2D eigenvalue weighted by Gasteiger charge is -2.07. The van der Waals surface area contributed by atoms with Crippen molar-refractivity contribution in [2.45, 2.75) is 26.7 Å². The van der Waals surface area contributed by atoms with Gasteiger partial charge in [-0.1, -0.05) is 6.07 Å². The van der Waals surface area contributed by atoms with Gasteiger partial charge in [0, 0.05) is 0 Å². The molecule has 1 aromatic rings. The molecule has 0 aliphatic rings. The summed E-state index contributed by atoms with van der Waals surface area (Å²) in [6.45, 7) is 4.76. The fraction of sp³-hybridized carbons (Fsp3) is 0.417. The molecule has 0 aromatic heterocycles. The van der Waals surface area contributed by atoms with Gasteiger partial charge >= 0.3 is 0 Å². The van der Waals surface area contributed by atoms with E-state index >= 15 is 0 Å². The van der Waals surface area contributed by atoms with Gasteiger partial charge < -0.3 is 5.73 Å². The number of hydrogen-bond acceptors (Lipinski definition) is 2. The Hall–Kier alpha value is -1.33. The van der Waals surface area contributed by atoms with E-state index < -0.39 is 0 Å². The molecule has 0 fully saturated rings. The number of benzene rings is 1. The van der Waals surface area contributed by atoms with E-state index in [0.29, 0.717) is 6.54 Å². The van der Waals surface area contributed by atoms with Crippen LogP contribution in [0.2, 0.25) is 0 Å². The van der Waals surface area contributed by atoms with Crippen LogP contribution in [0.15, 0.2) is 12.1 Å². The van der Waals surface area contributed by atoms with Crippen LogP contribution in [0.4, 0.5) is 0 Å². The SMILES string of the molecule is Cc1cc(C)c(CCCN)cc1C#N. The molecule has 2 nitrogen and oxygen atoms in total. The first-order valence-corrected chi connectivity index (χ1v) is 4.89. The molecule has 74 valence electrons. The second-order valence-electron chi connectivity index (χ2n) is 3.60. The van der Waals surface area contributed by atoms with Gasteiger partial charge in [0.05, 0.1) is 11.6 Å². The van der Waals surface area contributed by atoms with Crippen molar-refractivity contribution >= 4 is 0 Å². The standard InChI is InChI=1S/C12H16N2/c1-9-6-10(2)12(8-14)7-11(9)4-3-5-13/h6-7H,3-5,13H2,1-2H3. The van der Waals surface area contributed by atoms with Crippen LogP contribution in [0.25, 0.3) is 0 Å². The molecule has 2 N–H and O–H groups in total. The molecule has 14 heavy (non-hydrogen) atoms. The predicted molar refractivity (Wildman–Crippen MR) is 58.0 cm³/mol. The van der Waals surface area contributed by atoms with E-state index in [2.05, 4.69) is 19.1 Å². The normalized spacial score (nSPS) is 9.86. The summed E-state index contributed by atoms with van der Waals surface area (Å²) in [6, 6.07) is 6.27. The minimum Gasteiger partial charge on any atom is -0.330 e. The lowest BCUT2D eigenvalue weighted by Crippen LogP contribution is -2.02. The summed E-state index contributed by atoms with van der Waals surface area (Å²) in [5.74, 6) is 0. The maximum atomic E-state index is 8.88. The fourth-order valence-electron chi connectivity index (χ4n) is 1.58. The Labute approximate surface area is 85.4 Å².